The molecule has 0 bridgehead atoms. The zero-order chi connectivity index (χ0) is 18.9. The lowest BCUT2D eigenvalue weighted by molar-refractivity contribution is -0.134. The van der Waals surface area contributed by atoms with Gasteiger partial charge in [0, 0.05) is 45.3 Å². The molecule has 2 aliphatic heterocycles. The Hall–Kier alpha value is -2.14. The number of carbonyl (C=O) groups is 1. The summed E-state index contributed by atoms with van der Waals surface area (Å²) in [4.78, 5) is 15.4. The van der Waals surface area contributed by atoms with Crippen LogP contribution in [0, 0.1) is 11.3 Å². The zero-order valence-corrected chi connectivity index (χ0v) is 16.4. The highest BCUT2D eigenvalue weighted by atomic mass is 16.2. The SMILES string of the molecule is Cn1cc([C@H]2CNC[C@@H]2C(=O)N2CCC(C)(CCc3ccccc3)C2)cn1. The minimum atomic E-state index is 0.0330. The van der Waals surface area contributed by atoms with Crippen molar-refractivity contribution < 1.29 is 4.79 Å². The summed E-state index contributed by atoms with van der Waals surface area (Å²) in [7, 11) is 1.93. The van der Waals surface area contributed by atoms with Gasteiger partial charge in [-0.2, -0.15) is 5.10 Å². The van der Waals surface area contributed by atoms with Gasteiger partial charge in [0.25, 0.3) is 0 Å². The van der Waals surface area contributed by atoms with Crippen molar-refractivity contribution in [1.29, 1.82) is 0 Å². The molecule has 2 saturated heterocycles. The molecule has 0 aliphatic carbocycles. The average molecular weight is 367 g/mol. The van der Waals surface area contributed by atoms with E-state index in [1.165, 1.54) is 11.1 Å². The van der Waals surface area contributed by atoms with Crippen LogP contribution in [0.5, 0.6) is 0 Å². The van der Waals surface area contributed by atoms with Gasteiger partial charge in [-0.15, -0.1) is 0 Å². The van der Waals surface area contributed by atoms with Gasteiger partial charge in [0.2, 0.25) is 5.91 Å². The normalized spacial score (nSPS) is 28.0. The van der Waals surface area contributed by atoms with Gasteiger partial charge in [0.1, 0.15) is 0 Å². The Balaban J connectivity index is 1.38. The van der Waals surface area contributed by atoms with Gasteiger partial charge < -0.3 is 10.2 Å². The second-order valence-electron chi connectivity index (χ2n) is 8.62. The molecule has 1 unspecified atom stereocenters. The van der Waals surface area contributed by atoms with Gasteiger partial charge in [0.15, 0.2) is 0 Å². The van der Waals surface area contributed by atoms with Gasteiger partial charge in [-0.1, -0.05) is 37.3 Å². The quantitative estimate of drug-likeness (QED) is 0.885. The monoisotopic (exact) mass is 366 g/mol. The van der Waals surface area contributed by atoms with E-state index in [-0.39, 0.29) is 17.3 Å². The highest BCUT2D eigenvalue weighted by Crippen LogP contribution is 2.37. The first kappa shape index (κ1) is 18.2. The summed E-state index contributed by atoms with van der Waals surface area (Å²) in [6, 6.07) is 10.7. The van der Waals surface area contributed by atoms with Crippen LogP contribution in [-0.4, -0.2) is 46.8 Å². The number of benzene rings is 1. The number of hydrogen-bond donors (Lipinski definition) is 1. The predicted octanol–water partition coefficient (Wildman–Crippen LogP) is 2.59. The van der Waals surface area contributed by atoms with Crippen LogP contribution in [0.3, 0.4) is 0 Å². The van der Waals surface area contributed by atoms with E-state index in [1.54, 1.807) is 0 Å². The number of amides is 1. The fourth-order valence-electron chi connectivity index (χ4n) is 4.66. The number of rotatable bonds is 5. The Morgan fingerprint density at radius 3 is 2.85 bits per heavy atom. The average Bonchev–Trinajstić information content (AvgIpc) is 3.40. The number of aromatic nitrogens is 2. The van der Waals surface area contributed by atoms with Gasteiger partial charge in [-0.05, 0) is 35.8 Å². The van der Waals surface area contributed by atoms with Crippen molar-refractivity contribution in [3.8, 4) is 0 Å². The Morgan fingerprint density at radius 2 is 2.11 bits per heavy atom. The minimum absolute atomic E-state index is 0.0330. The lowest BCUT2D eigenvalue weighted by Gasteiger charge is -2.27. The Labute approximate surface area is 161 Å². The van der Waals surface area contributed by atoms with E-state index in [4.69, 9.17) is 0 Å². The third-order valence-electron chi connectivity index (χ3n) is 6.41. The minimum Gasteiger partial charge on any atom is -0.342 e. The molecule has 2 fully saturated rings. The number of hydrogen-bond acceptors (Lipinski definition) is 3. The van der Waals surface area contributed by atoms with Crippen LogP contribution in [0.25, 0.3) is 0 Å². The number of likely N-dealkylation sites (tertiary alicyclic amines) is 1. The van der Waals surface area contributed by atoms with Crippen molar-refractivity contribution in [3.05, 3.63) is 53.9 Å². The van der Waals surface area contributed by atoms with Gasteiger partial charge in [-0.3, -0.25) is 9.48 Å². The first-order valence-electron chi connectivity index (χ1n) is 10.1. The summed E-state index contributed by atoms with van der Waals surface area (Å²) >= 11 is 0. The molecule has 3 atom stereocenters. The first-order chi connectivity index (χ1) is 13.0. The van der Waals surface area contributed by atoms with Crippen LogP contribution in [0.15, 0.2) is 42.7 Å². The highest BCUT2D eigenvalue weighted by Gasteiger charge is 2.42. The Kier molecular flexibility index (Phi) is 5.04. The van der Waals surface area contributed by atoms with E-state index < -0.39 is 0 Å². The maximum atomic E-state index is 13.3. The van der Waals surface area contributed by atoms with Crippen molar-refractivity contribution in [1.82, 2.24) is 20.0 Å². The van der Waals surface area contributed by atoms with Crippen molar-refractivity contribution in [2.24, 2.45) is 18.4 Å². The largest absolute Gasteiger partial charge is 0.342 e. The van der Waals surface area contributed by atoms with Crippen molar-refractivity contribution in [3.63, 3.8) is 0 Å². The third kappa shape index (κ3) is 3.93. The fourth-order valence-corrected chi connectivity index (χ4v) is 4.66. The maximum absolute atomic E-state index is 13.3. The number of aryl methyl sites for hydroxylation is 2. The second kappa shape index (κ2) is 7.47. The second-order valence-corrected chi connectivity index (χ2v) is 8.62. The molecular formula is C22H30N4O. The molecule has 4 rings (SSSR count). The summed E-state index contributed by atoms with van der Waals surface area (Å²) in [6.45, 7) is 5.75. The van der Waals surface area contributed by atoms with Crippen LogP contribution >= 0.6 is 0 Å². The molecule has 5 nitrogen and oxygen atoms in total. The summed E-state index contributed by atoms with van der Waals surface area (Å²) in [5.41, 5.74) is 2.79. The van der Waals surface area contributed by atoms with E-state index in [9.17, 15) is 4.79 Å². The molecule has 2 aliphatic rings. The lowest BCUT2D eigenvalue weighted by atomic mass is 9.83. The predicted molar refractivity (Wildman–Crippen MR) is 106 cm³/mol. The molecule has 1 aromatic carbocycles. The van der Waals surface area contributed by atoms with Crippen molar-refractivity contribution >= 4 is 5.91 Å². The van der Waals surface area contributed by atoms with Gasteiger partial charge >= 0.3 is 0 Å². The fraction of sp³-hybridized carbons (Fsp3) is 0.545. The molecule has 0 spiro atoms. The summed E-state index contributed by atoms with van der Waals surface area (Å²) in [5, 5.41) is 7.71. The molecule has 0 saturated carbocycles. The van der Waals surface area contributed by atoms with E-state index in [0.29, 0.717) is 5.91 Å². The molecule has 2 aromatic rings. The maximum Gasteiger partial charge on any atom is 0.227 e. The third-order valence-corrected chi connectivity index (χ3v) is 6.41. The van der Waals surface area contributed by atoms with Gasteiger partial charge in [0.05, 0.1) is 12.1 Å². The smallest absolute Gasteiger partial charge is 0.227 e. The molecule has 5 heteroatoms. The van der Waals surface area contributed by atoms with E-state index in [2.05, 4.69) is 52.6 Å². The van der Waals surface area contributed by atoms with Crippen LogP contribution < -0.4 is 5.32 Å². The van der Waals surface area contributed by atoms with E-state index in [1.807, 2.05) is 24.1 Å². The first-order valence-corrected chi connectivity index (χ1v) is 10.1. The summed E-state index contributed by atoms with van der Waals surface area (Å²) in [5.74, 6) is 0.588. The topological polar surface area (TPSA) is 50.2 Å². The van der Waals surface area contributed by atoms with Crippen LogP contribution in [-0.2, 0) is 18.3 Å². The summed E-state index contributed by atoms with van der Waals surface area (Å²) in [6.07, 6.45) is 7.28. The number of nitrogens with one attached hydrogen (secondary N) is 1. The van der Waals surface area contributed by atoms with E-state index >= 15 is 0 Å². The van der Waals surface area contributed by atoms with Crippen LogP contribution in [0.4, 0.5) is 0 Å². The summed E-state index contributed by atoms with van der Waals surface area (Å²) < 4.78 is 1.83. The molecule has 3 heterocycles. The standard InChI is InChI=1S/C22H30N4O/c1-22(9-8-17-6-4-3-5-7-17)10-11-26(16-22)21(27)20-14-23-13-19(20)18-12-24-25(2)15-18/h3-7,12,15,19-20,23H,8-11,13-14,16H2,1-2H3/t19-,20+,22?/m1/s1. The molecule has 144 valence electrons. The molecule has 0 radical (unpaired) electrons. The van der Waals surface area contributed by atoms with E-state index in [0.717, 1.165) is 45.4 Å². The van der Waals surface area contributed by atoms with Crippen LogP contribution in [0.2, 0.25) is 0 Å². The van der Waals surface area contributed by atoms with Crippen LogP contribution in [0.1, 0.15) is 36.8 Å². The molecular weight excluding hydrogens is 336 g/mol. The number of nitrogens with zero attached hydrogens (tertiary/aromatic N) is 3. The molecule has 1 amide bonds. The molecule has 27 heavy (non-hydrogen) atoms. The molecule has 1 aromatic heterocycles. The Bertz CT molecular complexity index is 787. The lowest BCUT2D eigenvalue weighted by Crippen LogP contribution is -2.38. The van der Waals surface area contributed by atoms with Crippen molar-refractivity contribution in [2.75, 3.05) is 26.2 Å². The number of carbonyl (C=O) groups excluding carboxylic acids is 1. The highest BCUT2D eigenvalue weighted by molar-refractivity contribution is 5.81. The van der Waals surface area contributed by atoms with Gasteiger partial charge in [-0.25, -0.2) is 0 Å². The molecule has 1 N–H and O–H groups in total. The Morgan fingerprint density at radius 1 is 1.30 bits per heavy atom. The van der Waals surface area contributed by atoms with Crippen molar-refractivity contribution in [2.45, 2.75) is 32.1 Å². The zero-order valence-electron chi connectivity index (χ0n) is 16.4.